The van der Waals surface area contributed by atoms with Crippen LogP contribution in [0.2, 0.25) is 5.02 Å². The van der Waals surface area contributed by atoms with Gasteiger partial charge < -0.3 is 14.1 Å². The Kier molecular flexibility index (Phi) is 5.23. The average molecular weight is 383 g/mol. The number of pyridine rings is 1. The van der Waals surface area contributed by atoms with Gasteiger partial charge in [-0.3, -0.25) is 9.78 Å². The molecule has 6 heteroatoms. The Hall–Kier alpha value is -2.63. The van der Waals surface area contributed by atoms with Gasteiger partial charge in [0.15, 0.2) is 5.76 Å². The van der Waals surface area contributed by atoms with Crippen LogP contribution < -0.4 is 4.90 Å². The van der Waals surface area contributed by atoms with Gasteiger partial charge in [0.2, 0.25) is 0 Å². The van der Waals surface area contributed by atoms with Crippen LogP contribution in [0.25, 0.3) is 11.3 Å². The molecule has 0 bridgehead atoms. The summed E-state index contributed by atoms with van der Waals surface area (Å²) in [5.41, 5.74) is 1.52. The third kappa shape index (κ3) is 3.89. The fraction of sp³-hybridized carbons (Fsp3) is 0.238. The number of hydrogen-bond acceptors (Lipinski definition) is 4. The quantitative estimate of drug-likeness (QED) is 0.634. The van der Waals surface area contributed by atoms with E-state index in [1.807, 2.05) is 30.3 Å². The van der Waals surface area contributed by atoms with Gasteiger partial charge in [0.05, 0.1) is 17.7 Å². The van der Waals surface area contributed by atoms with Crippen molar-refractivity contribution < 1.29 is 13.9 Å². The van der Waals surface area contributed by atoms with E-state index in [1.165, 1.54) is 0 Å². The molecule has 0 N–H and O–H groups in total. The van der Waals surface area contributed by atoms with Crippen LogP contribution in [0.15, 0.2) is 65.3 Å². The second-order valence-electron chi connectivity index (χ2n) is 6.40. The van der Waals surface area contributed by atoms with Crippen LogP contribution in [0.3, 0.4) is 0 Å². The minimum atomic E-state index is -0.213. The zero-order valence-electron chi connectivity index (χ0n) is 14.7. The first kappa shape index (κ1) is 17.8. The van der Waals surface area contributed by atoms with Gasteiger partial charge in [-0.15, -0.1) is 0 Å². The van der Waals surface area contributed by atoms with Gasteiger partial charge in [-0.2, -0.15) is 0 Å². The SMILES string of the molecule is O=C(c1ccc(-c2ccccc2Cl)o1)N(C[C@H]1CCCO1)c1ccncc1. The van der Waals surface area contributed by atoms with Gasteiger partial charge >= 0.3 is 0 Å². The molecular formula is C21H19ClN2O3. The van der Waals surface area contributed by atoms with Crippen molar-refractivity contribution in [3.63, 3.8) is 0 Å². The van der Waals surface area contributed by atoms with Crippen LogP contribution in [0.1, 0.15) is 23.4 Å². The van der Waals surface area contributed by atoms with E-state index in [0.29, 0.717) is 17.3 Å². The van der Waals surface area contributed by atoms with Crippen LogP contribution in [-0.4, -0.2) is 30.1 Å². The van der Waals surface area contributed by atoms with E-state index < -0.39 is 0 Å². The molecule has 1 aromatic carbocycles. The molecule has 0 spiro atoms. The van der Waals surface area contributed by atoms with E-state index in [4.69, 9.17) is 20.8 Å². The number of ether oxygens (including phenoxy) is 1. The van der Waals surface area contributed by atoms with Crippen molar-refractivity contribution in [2.75, 3.05) is 18.1 Å². The smallest absolute Gasteiger partial charge is 0.294 e. The molecule has 27 heavy (non-hydrogen) atoms. The van der Waals surface area contributed by atoms with Crippen molar-refractivity contribution in [1.29, 1.82) is 0 Å². The van der Waals surface area contributed by atoms with E-state index in [9.17, 15) is 4.79 Å². The normalized spacial score (nSPS) is 16.4. The molecule has 1 saturated heterocycles. The molecule has 0 radical (unpaired) electrons. The lowest BCUT2D eigenvalue weighted by molar-refractivity contribution is 0.0895. The van der Waals surface area contributed by atoms with Crippen LogP contribution in [0.4, 0.5) is 5.69 Å². The Morgan fingerprint density at radius 2 is 1.96 bits per heavy atom. The highest BCUT2D eigenvalue weighted by Crippen LogP contribution is 2.30. The summed E-state index contributed by atoms with van der Waals surface area (Å²) >= 11 is 6.24. The van der Waals surface area contributed by atoms with Crippen molar-refractivity contribution in [3.8, 4) is 11.3 Å². The Bertz CT molecular complexity index is 920. The number of carbonyl (C=O) groups is 1. The summed E-state index contributed by atoms with van der Waals surface area (Å²) in [6, 6.07) is 14.5. The lowest BCUT2D eigenvalue weighted by Gasteiger charge is -2.24. The zero-order chi connectivity index (χ0) is 18.6. The lowest BCUT2D eigenvalue weighted by Crippen LogP contribution is -2.37. The zero-order valence-corrected chi connectivity index (χ0v) is 15.4. The number of furan rings is 1. The lowest BCUT2D eigenvalue weighted by atomic mass is 10.2. The molecular weight excluding hydrogens is 364 g/mol. The third-order valence-electron chi connectivity index (χ3n) is 4.59. The minimum absolute atomic E-state index is 0.0279. The molecule has 0 saturated carbocycles. The molecule has 1 amide bonds. The first-order chi connectivity index (χ1) is 13.2. The number of rotatable bonds is 5. The molecule has 1 aliphatic rings. The molecule has 1 fully saturated rings. The van der Waals surface area contributed by atoms with E-state index >= 15 is 0 Å². The minimum Gasteiger partial charge on any atom is -0.451 e. The Labute approximate surface area is 162 Å². The summed E-state index contributed by atoms with van der Waals surface area (Å²) in [7, 11) is 0. The van der Waals surface area contributed by atoms with Crippen LogP contribution in [-0.2, 0) is 4.74 Å². The standard InChI is InChI=1S/C21H19ClN2O3/c22-18-6-2-1-5-17(18)19-7-8-20(27-19)21(25)24(14-16-4-3-13-26-16)15-9-11-23-12-10-15/h1-2,5-12,16H,3-4,13-14H2/t16-/m1/s1. The highest BCUT2D eigenvalue weighted by atomic mass is 35.5. The second kappa shape index (κ2) is 7.94. The molecule has 1 aliphatic heterocycles. The summed E-state index contributed by atoms with van der Waals surface area (Å²) in [5, 5.41) is 0.580. The monoisotopic (exact) mass is 382 g/mol. The molecule has 2 aromatic heterocycles. The Morgan fingerprint density at radius 3 is 2.70 bits per heavy atom. The second-order valence-corrected chi connectivity index (χ2v) is 6.81. The van der Waals surface area contributed by atoms with E-state index in [2.05, 4.69) is 4.98 Å². The van der Waals surface area contributed by atoms with Crippen molar-refractivity contribution in [3.05, 3.63) is 71.7 Å². The predicted octanol–water partition coefficient (Wildman–Crippen LogP) is 4.82. The molecule has 4 rings (SSSR count). The highest BCUT2D eigenvalue weighted by Gasteiger charge is 2.26. The molecule has 3 aromatic rings. The van der Waals surface area contributed by atoms with E-state index in [-0.39, 0.29) is 17.8 Å². The largest absolute Gasteiger partial charge is 0.451 e. The van der Waals surface area contributed by atoms with Crippen LogP contribution in [0, 0.1) is 0 Å². The maximum Gasteiger partial charge on any atom is 0.294 e. The first-order valence-corrected chi connectivity index (χ1v) is 9.28. The topological polar surface area (TPSA) is 55.6 Å². The van der Waals surface area contributed by atoms with Crippen LogP contribution >= 0.6 is 11.6 Å². The van der Waals surface area contributed by atoms with E-state index in [1.54, 1.807) is 35.5 Å². The molecule has 0 unspecified atom stereocenters. The summed E-state index contributed by atoms with van der Waals surface area (Å²) in [6.07, 6.45) is 5.32. The third-order valence-corrected chi connectivity index (χ3v) is 4.92. The summed E-state index contributed by atoms with van der Waals surface area (Å²) in [4.78, 5) is 18.9. The fourth-order valence-corrected chi connectivity index (χ4v) is 3.44. The number of aromatic nitrogens is 1. The average Bonchev–Trinajstić information content (AvgIpc) is 3.39. The number of carbonyl (C=O) groups excluding carboxylic acids is 1. The molecule has 0 aliphatic carbocycles. The summed E-state index contributed by atoms with van der Waals surface area (Å²) < 4.78 is 11.6. The van der Waals surface area contributed by atoms with Gasteiger partial charge in [0.1, 0.15) is 5.76 Å². The van der Waals surface area contributed by atoms with Gasteiger partial charge in [0, 0.05) is 30.3 Å². The fourth-order valence-electron chi connectivity index (χ4n) is 3.21. The summed E-state index contributed by atoms with van der Waals surface area (Å²) in [6.45, 7) is 1.21. The van der Waals surface area contributed by atoms with Gasteiger partial charge in [-0.25, -0.2) is 0 Å². The van der Waals surface area contributed by atoms with Crippen molar-refractivity contribution in [2.24, 2.45) is 0 Å². The van der Waals surface area contributed by atoms with Crippen molar-refractivity contribution in [1.82, 2.24) is 4.98 Å². The highest BCUT2D eigenvalue weighted by molar-refractivity contribution is 6.33. The van der Waals surface area contributed by atoms with Crippen LogP contribution in [0.5, 0.6) is 0 Å². The number of halogens is 1. The molecule has 1 atom stereocenters. The number of amides is 1. The van der Waals surface area contributed by atoms with Crippen molar-refractivity contribution in [2.45, 2.75) is 18.9 Å². The van der Waals surface area contributed by atoms with Gasteiger partial charge in [-0.1, -0.05) is 23.7 Å². The van der Waals surface area contributed by atoms with E-state index in [0.717, 1.165) is 30.7 Å². The Balaban J connectivity index is 1.62. The number of nitrogens with zero attached hydrogens (tertiary/aromatic N) is 2. The summed E-state index contributed by atoms with van der Waals surface area (Å²) in [5.74, 6) is 0.616. The molecule has 5 nitrogen and oxygen atoms in total. The number of anilines is 1. The van der Waals surface area contributed by atoms with Crippen molar-refractivity contribution >= 4 is 23.2 Å². The number of hydrogen-bond donors (Lipinski definition) is 0. The van der Waals surface area contributed by atoms with Gasteiger partial charge in [-0.05, 0) is 49.2 Å². The first-order valence-electron chi connectivity index (χ1n) is 8.90. The predicted molar refractivity (Wildman–Crippen MR) is 104 cm³/mol. The maximum atomic E-state index is 13.2. The maximum absolute atomic E-state index is 13.2. The van der Waals surface area contributed by atoms with Gasteiger partial charge in [0.25, 0.3) is 5.91 Å². The number of benzene rings is 1. The Morgan fingerprint density at radius 1 is 1.15 bits per heavy atom. The molecule has 138 valence electrons. The molecule has 3 heterocycles.